The minimum absolute atomic E-state index is 0. The molecule has 0 radical (unpaired) electrons. The molecule has 0 spiro atoms. The molecule has 0 atom stereocenters. The number of benzene rings is 1. The second-order valence-electron chi connectivity index (χ2n) is 6.70. The lowest BCUT2D eigenvalue weighted by Crippen LogP contribution is -2.41. The largest absolute Gasteiger partial charge is 0.357 e. The normalized spacial score (nSPS) is 13.3. The number of guanidine groups is 1. The van der Waals surface area contributed by atoms with Crippen molar-refractivity contribution in [3.8, 4) is 0 Å². The number of carbonyl (C=O) groups is 1. The molecule has 8 heteroatoms. The summed E-state index contributed by atoms with van der Waals surface area (Å²) in [6.07, 6.45) is 3.47. The maximum absolute atomic E-state index is 12.6. The van der Waals surface area contributed by atoms with E-state index in [2.05, 4.69) is 38.8 Å². The number of halogens is 2. The molecular weight excluding hydrogens is 501 g/mol. The summed E-state index contributed by atoms with van der Waals surface area (Å²) in [4.78, 5) is 23.0. The van der Waals surface area contributed by atoms with Crippen LogP contribution in [0.5, 0.6) is 0 Å². The summed E-state index contributed by atoms with van der Waals surface area (Å²) in [6, 6.07) is 12.0. The van der Waals surface area contributed by atoms with Gasteiger partial charge in [0.2, 0.25) is 5.91 Å². The molecule has 0 fully saturated rings. The van der Waals surface area contributed by atoms with E-state index in [1.807, 2.05) is 24.0 Å². The first-order valence-corrected chi connectivity index (χ1v) is 10.0. The molecule has 0 aliphatic carbocycles. The summed E-state index contributed by atoms with van der Waals surface area (Å²) in [5.74, 6) is 0.698. The Balaban J connectivity index is 0.00000300. The third kappa shape index (κ3) is 7.15. The molecule has 1 aromatic heterocycles. The maximum atomic E-state index is 12.6. The van der Waals surface area contributed by atoms with Gasteiger partial charge in [0.15, 0.2) is 5.96 Å². The van der Waals surface area contributed by atoms with E-state index in [-0.39, 0.29) is 36.4 Å². The van der Waals surface area contributed by atoms with E-state index in [1.165, 1.54) is 11.1 Å². The van der Waals surface area contributed by atoms with E-state index >= 15 is 0 Å². The second kappa shape index (κ2) is 12.0. The molecule has 156 valence electrons. The molecule has 1 aliphatic heterocycles. The van der Waals surface area contributed by atoms with Crippen molar-refractivity contribution in [2.45, 2.75) is 26.3 Å². The number of amides is 1. The Morgan fingerprint density at radius 2 is 2.00 bits per heavy atom. The number of hydrogen-bond donors (Lipinski definition) is 2. The van der Waals surface area contributed by atoms with Crippen LogP contribution in [-0.4, -0.2) is 47.9 Å². The number of carbonyl (C=O) groups excluding carboxylic acids is 1. The number of rotatable bonds is 6. The van der Waals surface area contributed by atoms with Crippen LogP contribution in [0.2, 0.25) is 5.15 Å². The molecule has 1 aromatic carbocycles. The lowest BCUT2D eigenvalue weighted by Gasteiger charge is -2.28. The van der Waals surface area contributed by atoms with Gasteiger partial charge in [0.1, 0.15) is 11.7 Å². The van der Waals surface area contributed by atoms with E-state index in [1.54, 1.807) is 12.3 Å². The monoisotopic (exact) mass is 527 g/mol. The van der Waals surface area contributed by atoms with Gasteiger partial charge in [-0.25, -0.2) is 9.98 Å². The standard InChI is InChI=1S/C21H26ClN5O.HI/c1-2-23-21(24-11-9-16-7-8-19(22)25-13-16)26-14-20(28)27-12-10-17-5-3-4-6-18(17)15-27;/h3-8,13H,2,9-12,14-15H2,1H3,(H2,23,24,26);1H. The molecular formula is C21H27ClIN5O. The quantitative estimate of drug-likeness (QED) is 0.262. The summed E-state index contributed by atoms with van der Waals surface area (Å²) in [5, 5.41) is 6.94. The van der Waals surface area contributed by atoms with Crippen LogP contribution in [0.1, 0.15) is 23.6 Å². The molecule has 6 nitrogen and oxygen atoms in total. The van der Waals surface area contributed by atoms with Gasteiger partial charge in [-0.05, 0) is 42.5 Å². The topological polar surface area (TPSA) is 69.6 Å². The molecule has 0 unspecified atom stereocenters. The highest BCUT2D eigenvalue weighted by molar-refractivity contribution is 14.0. The Bertz CT molecular complexity index is 828. The third-order valence-corrected chi connectivity index (χ3v) is 4.92. The summed E-state index contributed by atoms with van der Waals surface area (Å²) in [7, 11) is 0. The molecule has 0 saturated carbocycles. The molecule has 1 aliphatic rings. The van der Waals surface area contributed by atoms with Crippen LogP contribution < -0.4 is 10.6 Å². The summed E-state index contributed by atoms with van der Waals surface area (Å²) >= 11 is 5.81. The molecule has 2 aromatic rings. The number of aliphatic imine (C=N–C) groups is 1. The van der Waals surface area contributed by atoms with Gasteiger partial charge >= 0.3 is 0 Å². The van der Waals surface area contributed by atoms with Gasteiger partial charge in [-0.15, -0.1) is 24.0 Å². The van der Waals surface area contributed by atoms with Gasteiger partial charge in [-0.1, -0.05) is 41.9 Å². The Morgan fingerprint density at radius 3 is 2.72 bits per heavy atom. The molecule has 0 saturated heterocycles. The van der Waals surface area contributed by atoms with Gasteiger partial charge in [-0.3, -0.25) is 4.79 Å². The zero-order chi connectivity index (χ0) is 19.8. The van der Waals surface area contributed by atoms with E-state index in [9.17, 15) is 4.79 Å². The van der Waals surface area contributed by atoms with Crippen molar-refractivity contribution in [1.29, 1.82) is 0 Å². The van der Waals surface area contributed by atoms with Crippen molar-refractivity contribution < 1.29 is 4.79 Å². The summed E-state index contributed by atoms with van der Waals surface area (Å²) in [6.45, 7) is 4.99. The van der Waals surface area contributed by atoms with E-state index in [0.717, 1.165) is 31.5 Å². The van der Waals surface area contributed by atoms with Crippen LogP contribution in [0.4, 0.5) is 0 Å². The van der Waals surface area contributed by atoms with Gasteiger partial charge in [0, 0.05) is 32.4 Å². The van der Waals surface area contributed by atoms with E-state index in [4.69, 9.17) is 11.6 Å². The first-order chi connectivity index (χ1) is 13.7. The van der Waals surface area contributed by atoms with Gasteiger partial charge in [-0.2, -0.15) is 0 Å². The highest BCUT2D eigenvalue weighted by Gasteiger charge is 2.19. The number of nitrogens with zero attached hydrogens (tertiary/aromatic N) is 3. The van der Waals surface area contributed by atoms with Crippen molar-refractivity contribution in [2.75, 3.05) is 26.2 Å². The molecule has 2 heterocycles. The van der Waals surface area contributed by atoms with Crippen molar-refractivity contribution in [1.82, 2.24) is 20.5 Å². The predicted octanol–water partition coefficient (Wildman–Crippen LogP) is 3.04. The number of aromatic nitrogens is 1. The van der Waals surface area contributed by atoms with Gasteiger partial charge in [0.05, 0.1) is 0 Å². The molecule has 0 bridgehead atoms. The molecule has 3 rings (SSSR count). The van der Waals surface area contributed by atoms with Crippen LogP contribution in [0.25, 0.3) is 0 Å². The number of fused-ring (bicyclic) bond motifs is 1. The molecule has 1 amide bonds. The zero-order valence-electron chi connectivity index (χ0n) is 16.5. The number of hydrogen-bond acceptors (Lipinski definition) is 3. The summed E-state index contributed by atoms with van der Waals surface area (Å²) < 4.78 is 0. The second-order valence-corrected chi connectivity index (χ2v) is 7.08. The lowest BCUT2D eigenvalue weighted by molar-refractivity contribution is -0.130. The smallest absolute Gasteiger partial charge is 0.244 e. The van der Waals surface area contributed by atoms with Gasteiger partial charge in [0.25, 0.3) is 0 Å². The minimum Gasteiger partial charge on any atom is -0.357 e. The number of nitrogens with one attached hydrogen (secondary N) is 2. The Hall–Kier alpha value is -1.87. The fourth-order valence-corrected chi connectivity index (χ4v) is 3.29. The maximum Gasteiger partial charge on any atom is 0.244 e. The zero-order valence-corrected chi connectivity index (χ0v) is 19.6. The van der Waals surface area contributed by atoms with Crippen LogP contribution in [0, 0.1) is 0 Å². The van der Waals surface area contributed by atoms with Crippen molar-refractivity contribution in [3.63, 3.8) is 0 Å². The van der Waals surface area contributed by atoms with E-state index < -0.39 is 0 Å². The van der Waals surface area contributed by atoms with Crippen molar-refractivity contribution >= 4 is 47.4 Å². The third-order valence-electron chi connectivity index (χ3n) is 4.69. The van der Waals surface area contributed by atoms with E-state index in [0.29, 0.717) is 24.2 Å². The Labute approximate surface area is 194 Å². The predicted molar refractivity (Wildman–Crippen MR) is 128 cm³/mol. The average molecular weight is 528 g/mol. The number of pyridine rings is 1. The van der Waals surface area contributed by atoms with Crippen molar-refractivity contribution in [2.24, 2.45) is 4.99 Å². The fraction of sp³-hybridized carbons (Fsp3) is 0.381. The van der Waals surface area contributed by atoms with Crippen LogP contribution in [0.15, 0.2) is 47.6 Å². The average Bonchev–Trinajstić information content (AvgIpc) is 2.72. The first kappa shape index (κ1) is 23.4. The fourth-order valence-electron chi connectivity index (χ4n) is 3.18. The van der Waals surface area contributed by atoms with Crippen LogP contribution in [0.3, 0.4) is 0 Å². The first-order valence-electron chi connectivity index (χ1n) is 9.63. The van der Waals surface area contributed by atoms with Gasteiger partial charge < -0.3 is 15.5 Å². The lowest BCUT2D eigenvalue weighted by atomic mass is 10.00. The van der Waals surface area contributed by atoms with Crippen molar-refractivity contribution in [3.05, 3.63) is 64.4 Å². The van der Waals surface area contributed by atoms with Crippen LogP contribution >= 0.6 is 35.6 Å². The molecule has 29 heavy (non-hydrogen) atoms. The minimum atomic E-state index is 0. The summed E-state index contributed by atoms with van der Waals surface area (Å²) in [5.41, 5.74) is 3.66. The Kier molecular flexibility index (Phi) is 9.66. The SMILES string of the molecule is CCNC(=NCC(=O)N1CCc2ccccc2C1)NCCc1ccc(Cl)nc1.I. The highest BCUT2D eigenvalue weighted by atomic mass is 127. The highest BCUT2D eigenvalue weighted by Crippen LogP contribution is 2.18. The molecule has 2 N–H and O–H groups in total. The van der Waals surface area contributed by atoms with Crippen LogP contribution in [-0.2, 0) is 24.2 Å². The Morgan fingerprint density at radius 1 is 1.21 bits per heavy atom.